The molecule has 44 valence electrons. The maximum atomic E-state index is 9.86. The molecule has 4 radical (unpaired) electrons. The van der Waals surface area contributed by atoms with Crippen LogP contribution < -0.4 is 0 Å². The third-order valence-corrected chi connectivity index (χ3v) is 0.975. The number of aliphatic carboxylic acids is 1. The predicted octanol–water partition coefficient (Wildman–Crippen LogP) is -0.521. The zero-order valence-electron chi connectivity index (χ0n) is 4.26. The van der Waals surface area contributed by atoms with Crippen molar-refractivity contribution in [3.63, 3.8) is 0 Å². The van der Waals surface area contributed by atoms with Crippen molar-refractivity contribution in [3.05, 3.63) is 0 Å². The summed E-state index contributed by atoms with van der Waals surface area (Å²) in [5.41, 5.74) is 0. The van der Waals surface area contributed by atoms with Gasteiger partial charge < -0.3 is 9.84 Å². The van der Waals surface area contributed by atoms with Gasteiger partial charge in [-0.3, -0.25) is 0 Å². The third kappa shape index (κ3) is 1.31. The van der Waals surface area contributed by atoms with Crippen molar-refractivity contribution in [3.8, 4) is 0 Å². The number of carbonyl (C=O) groups is 1. The van der Waals surface area contributed by atoms with Crippen LogP contribution in [0.25, 0.3) is 0 Å². The maximum Gasteiger partial charge on any atom is 0.332 e. The molecule has 1 saturated heterocycles. The van der Waals surface area contributed by atoms with E-state index in [9.17, 15) is 4.79 Å². The molecule has 0 aromatic carbocycles. The first kappa shape index (κ1) is 7.65. The van der Waals surface area contributed by atoms with Gasteiger partial charge in [0.2, 0.25) is 0 Å². The van der Waals surface area contributed by atoms with E-state index in [0.29, 0.717) is 13.0 Å². The van der Waals surface area contributed by atoms with Crippen molar-refractivity contribution in [2.45, 2.75) is 12.5 Å². The molecule has 1 aliphatic rings. The normalized spacial score (nSPS) is 25.2. The summed E-state index contributed by atoms with van der Waals surface area (Å²) in [5, 5.41) is 8.11. The summed E-state index contributed by atoms with van der Waals surface area (Å²) >= 11 is 0. The Bertz CT molecular complexity index is 89.3. The van der Waals surface area contributed by atoms with E-state index in [2.05, 4.69) is 4.74 Å². The van der Waals surface area contributed by atoms with Crippen molar-refractivity contribution < 1.29 is 14.6 Å². The summed E-state index contributed by atoms with van der Waals surface area (Å²) in [4.78, 5) is 9.86. The Balaban J connectivity index is 0.000000490. The number of hydrogen-bond acceptors (Lipinski definition) is 2. The van der Waals surface area contributed by atoms with Crippen LogP contribution >= 0.6 is 0 Å². The highest BCUT2D eigenvalue weighted by molar-refractivity contribution is 5.75. The van der Waals surface area contributed by atoms with Crippen LogP contribution in [0.4, 0.5) is 0 Å². The Hall–Kier alpha value is -0.353. The molecule has 1 atom stereocenters. The highest BCUT2D eigenvalue weighted by Gasteiger charge is 2.24. The zero-order valence-corrected chi connectivity index (χ0v) is 5.26. The van der Waals surface area contributed by atoms with Crippen LogP contribution in [0.3, 0.4) is 0 Å². The maximum absolute atomic E-state index is 9.86. The number of carboxylic acid groups (broad SMARTS) is 1. The van der Waals surface area contributed by atoms with Gasteiger partial charge in [0.25, 0.3) is 0 Å². The molecule has 0 spiro atoms. The molecule has 0 aromatic rings. The van der Waals surface area contributed by atoms with Crippen LogP contribution in [0, 0.1) is 0 Å². The van der Waals surface area contributed by atoms with Crippen LogP contribution in [0.1, 0.15) is 6.42 Å². The van der Waals surface area contributed by atoms with Gasteiger partial charge in [-0.1, -0.05) is 0 Å². The molecular formula is C4H6O3Si. The predicted molar refractivity (Wildman–Crippen MR) is 27.7 cm³/mol. The lowest BCUT2D eigenvalue weighted by atomic mass is 10.2. The highest BCUT2D eigenvalue weighted by Crippen LogP contribution is 2.09. The van der Waals surface area contributed by atoms with Gasteiger partial charge >= 0.3 is 5.97 Å². The van der Waals surface area contributed by atoms with Gasteiger partial charge in [0.05, 0.1) is 6.61 Å². The number of carboxylic acids is 1. The smallest absolute Gasteiger partial charge is 0.332 e. The van der Waals surface area contributed by atoms with Gasteiger partial charge in [-0.25, -0.2) is 4.79 Å². The fraction of sp³-hybridized carbons (Fsp3) is 0.750. The molecule has 0 unspecified atom stereocenters. The Labute approximate surface area is 51.7 Å². The summed E-state index contributed by atoms with van der Waals surface area (Å²) in [6.45, 7) is 0.608. The molecule has 1 N–H and O–H groups in total. The van der Waals surface area contributed by atoms with Crippen molar-refractivity contribution in [2.75, 3.05) is 6.61 Å². The van der Waals surface area contributed by atoms with Gasteiger partial charge in [-0.15, -0.1) is 0 Å². The lowest BCUT2D eigenvalue weighted by Gasteiger charge is -2.21. The van der Waals surface area contributed by atoms with E-state index in [1.807, 2.05) is 0 Å². The van der Waals surface area contributed by atoms with E-state index in [1.54, 1.807) is 0 Å². The molecule has 1 fully saturated rings. The van der Waals surface area contributed by atoms with Crippen LogP contribution in [-0.2, 0) is 9.53 Å². The number of hydrogen-bond donors (Lipinski definition) is 1. The summed E-state index contributed by atoms with van der Waals surface area (Å²) in [7, 11) is 0. The Morgan fingerprint density at radius 2 is 2.25 bits per heavy atom. The Morgan fingerprint density at radius 3 is 2.25 bits per heavy atom. The zero-order chi connectivity index (χ0) is 5.28. The molecule has 0 aromatic heterocycles. The summed E-state index contributed by atoms with van der Waals surface area (Å²) in [6, 6.07) is 0. The molecule has 8 heavy (non-hydrogen) atoms. The first-order chi connectivity index (χ1) is 3.30. The molecule has 1 heterocycles. The average Bonchev–Trinajstić information content (AvgIpc) is 1.23. The van der Waals surface area contributed by atoms with Crippen LogP contribution in [0.5, 0.6) is 0 Å². The van der Waals surface area contributed by atoms with Gasteiger partial charge in [-0.2, -0.15) is 0 Å². The average molecular weight is 130 g/mol. The molecule has 3 nitrogen and oxygen atoms in total. The summed E-state index contributed by atoms with van der Waals surface area (Å²) < 4.78 is 4.59. The van der Waals surface area contributed by atoms with E-state index in [1.165, 1.54) is 0 Å². The third-order valence-electron chi connectivity index (χ3n) is 0.975. The SMILES string of the molecule is O=C(O)[C@H]1CCO1.[Si]. The van der Waals surface area contributed by atoms with Crippen molar-refractivity contribution in [1.82, 2.24) is 0 Å². The van der Waals surface area contributed by atoms with Crippen molar-refractivity contribution >= 4 is 16.9 Å². The lowest BCUT2D eigenvalue weighted by molar-refractivity contribution is -0.162. The molecule has 4 heteroatoms. The number of rotatable bonds is 1. The summed E-state index contributed by atoms with van der Waals surface area (Å²) in [6.07, 6.45) is 0.176. The second kappa shape index (κ2) is 2.83. The first-order valence-electron chi connectivity index (χ1n) is 2.15. The molecule has 0 saturated carbocycles. The van der Waals surface area contributed by atoms with Gasteiger partial charge in [0, 0.05) is 17.4 Å². The lowest BCUT2D eigenvalue weighted by Crippen LogP contribution is -2.34. The molecule has 0 aliphatic carbocycles. The molecule has 0 amide bonds. The minimum absolute atomic E-state index is 0. The van der Waals surface area contributed by atoms with Gasteiger partial charge in [0.1, 0.15) is 0 Å². The van der Waals surface area contributed by atoms with Gasteiger partial charge in [-0.05, 0) is 0 Å². The first-order valence-corrected chi connectivity index (χ1v) is 2.15. The van der Waals surface area contributed by atoms with Crippen molar-refractivity contribution in [2.24, 2.45) is 0 Å². The van der Waals surface area contributed by atoms with Gasteiger partial charge in [0.15, 0.2) is 6.10 Å². The summed E-state index contributed by atoms with van der Waals surface area (Å²) in [5.74, 6) is -0.841. The Kier molecular flexibility index (Phi) is 2.71. The van der Waals surface area contributed by atoms with Crippen molar-refractivity contribution in [1.29, 1.82) is 0 Å². The van der Waals surface area contributed by atoms with E-state index in [4.69, 9.17) is 5.11 Å². The minimum atomic E-state index is -0.841. The number of ether oxygens (including phenoxy) is 1. The van der Waals surface area contributed by atoms with E-state index in [0.717, 1.165) is 0 Å². The molecular weight excluding hydrogens is 124 g/mol. The largest absolute Gasteiger partial charge is 0.479 e. The van der Waals surface area contributed by atoms with Crippen LogP contribution in [-0.4, -0.2) is 34.8 Å². The molecule has 0 bridgehead atoms. The molecule has 1 aliphatic heterocycles. The van der Waals surface area contributed by atoms with Crippen LogP contribution in [0.2, 0.25) is 0 Å². The Morgan fingerprint density at radius 1 is 1.75 bits per heavy atom. The minimum Gasteiger partial charge on any atom is -0.479 e. The second-order valence-corrected chi connectivity index (χ2v) is 1.49. The highest BCUT2D eigenvalue weighted by atomic mass is 28.1. The van der Waals surface area contributed by atoms with E-state index >= 15 is 0 Å². The monoisotopic (exact) mass is 130 g/mol. The fourth-order valence-corrected chi connectivity index (χ4v) is 0.430. The topological polar surface area (TPSA) is 46.5 Å². The quantitative estimate of drug-likeness (QED) is 0.486. The second-order valence-electron chi connectivity index (χ2n) is 1.49. The van der Waals surface area contributed by atoms with E-state index in [-0.39, 0.29) is 11.0 Å². The standard InChI is InChI=1S/C4H6O3.Si/c5-4(6)3-1-2-7-3;/h3H,1-2H2,(H,5,6);/t3-;/m1./s1. The van der Waals surface area contributed by atoms with Crippen LogP contribution in [0.15, 0.2) is 0 Å². The van der Waals surface area contributed by atoms with E-state index < -0.39 is 12.1 Å². The fourth-order valence-electron chi connectivity index (χ4n) is 0.430. The molecule has 1 rings (SSSR count).